The summed E-state index contributed by atoms with van der Waals surface area (Å²) in [5.41, 5.74) is 8.50. The van der Waals surface area contributed by atoms with Crippen molar-refractivity contribution in [1.29, 1.82) is 0 Å². The van der Waals surface area contributed by atoms with Gasteiger partial charge in [-0.1, -0.05) is 87.5 Å². The molecule has 0 aromatic heterocycles. The van der Waals surface area contributed by atoms with E-state index in [0.29, 0.717) is 17.5 Å². The van der Waals surface area contributed by atoms with E-state index in [4.69, 9.17) is 14.2 Å². The van der Waals surface area contributed by atoms with Crippen LogP contribution in [0.1, 0.15) is 86.1 Å². The third kappa shape index (κ3) is 8.45. The molecule has 0 amide bonds. The fourth-order valence-corrected chi connectivity index (χ4v) is 5.54. The summed E-state index contributed by atoms with van der Waals surface area (Å²) in [4.78, 5) is 37.8. The van der Waals surface area contributed by atoms with E-state index in [1.165, 1.54) is 5.56 Å². The zero-order chi connectivity index (χ0) is 33.9. The normalized spacial score (nSPS) is 10.7. The fourth-order valence-electron chi connectivity index (χ4n) is 5.54. The van der Waals surface area contributed by atoms with Crippen molar-refractivity contribution in [3.63, 3.8) is 0 Å². The summed E-state index contributed by atoms with van der Waals surface area (Å²) in [5.74, 6) is -0.0134. The molecule has 0 bridgehead atoms. The molecular formula is C42H40O6. The molecule has 0 unspecified atom stereocenters. The molecule has 6 nitrogen and oxygen atoms in total. The smallest absolute Gasteiger partial charge is 0.338 e. The molecule has 0 heterocycles. The largest absolute Gasteiger partial charge is 0.489 e. The van der Waals surface area contributed by atoms with Crippen molar-refractivity contribution >= 4 is 17.7 Å². The van der Waals surface area contributed by atoms with Crippen molar-refractivity contribution in [3.05, 3.63) is 160 Å². The summed E-state index contributed by atoms with van der Waals surface area (Å²) in [5, 5.41) is 0. The predicted octanol–water partition coefficient (Wildman–Crippen LogP) is 9.36. The molecule has 5 aromatic carbocycles. The average Bonchev–Trinajstić information content (AvgIpc) is 3.15. The van der Waals surface area contributed by atoms with Crippen LogP contribution in [0, 0.1) is 0 Å². The number of Topliss-reactive ketones (excluding diaryl/α,β-unsaturated/α-hetero) is 1. The Bertz CT molecular complexity index is 1880. The molecule has 0 aliphatic heterocycles. The molecule has 48 heavy (non-hydrogen) atoms. The van der Waals surface area contributed by atoms with Gasteiger partial charge in [0, 0.05) is 12.0 Å². The highest BCUT2D eigenvalue weighted by molar-refractivity contribution is 5.96. The second kappa shape index (κ2) is 16.4. The summed E-state index contributed by atoms with van der Waals surface area (Å²) in [6, 6.07) is 35.5. The van der Waals surface area contributed by atoms with Gasteiger partial charge in [0.25, 0.3) is 0 Å². The van der Waals surface area contributed by atoms with Crippen molar-refractivity contribution in [2.45, 2.75) is 59.9 Å². The summed E-state index contributed by atoms with van der Waals surface area (Å²) in [6.07, 6.45) is 2.14. The Morgan fingerprint density at radius 3 is 1.71 bits per heavy atom. The molecule has 6 heteroatoms. The third-order valence-electron chi connectivity index (χ3n) is 8.29. The minimum Gasteiger partial charge on any atom is -0.489 e. The van der Waals surface area contributed by atoms with E-state index in [9.17, 15) is 14.4 Å². The molecule has 0 radical (unpaired) electrons. The Balaban J connectivity index is 1.36. The maximum atomic E-state index is 12.7. The molecule has 0 saturated carbocycles. The van der Waals surface area contributed by atoms with E-state index in [0.717, 1.165) is 57.5 Å². The van der Waals surface area contributed by atoms with Gasteiger partial charge in [0.15, 0.2) is 5.78 Å². The molecule has 0 N–H and O–H groups in total. The summed E-state index contributed by atoms with van der Waals surface area (Å²) >= 11 is 0. The Morgan fingerprint density at radius 2 is 1.10 bits per heavy atom. The van der Waals surface area contributed by atoms with Crippen LogP contribution >= 0.6 is 0 Å². The van der Waals surface area contributed by atoms with Crippen LogP contribution in [0.25, 0.3) is 11.1 Å². The van der Waals surface area contributed by atoms with Crippen LogP contribution in [0.5, 0.6) is 5.75 Å². The van der Waals surface area contributed by atoms with E-state index in [1.54, 1.807) is 48.5 Å². The van der Waals surface area contributed by atoms with Gasteiger partial charge in [-0.2, -0.15) is 0 Å². The van der Waals surface area contributed by atoms with E-state index in [-0.39, 0.29) is 25.6 Å². The molecule has 0 aliphatic rings. The molecule has 5 aromatic rings. The molecule has 0 atom stereocenters. The van der Waals surface area contributed by atoms with Gasteiger partial charge < -0.3 is 14.2 Å². The van der Waals surface area contributed by atoms with Crippen LogP contribution in [0.2, 0.25) is 0 Å². The standard InChI is InChI=1S/C42H40O6/c1-4-30-19-21-37(25-39(30)38-22-20-34(40(43)6-3)24-31(38)5-2)46-26-29-17-18-35(27-47-41(44)32-13-9-7-10-14-32)36(23-29)28-48-42(45)33-15-11-8-12-16-33/h7-25H,4-6,26-28H2,1-3H3. The lowest BCUT2D eigenvalue weighted by Crippen LogP contribution is -2.10. The molecule has 0 fully saturated rings. The van der Waals surface area contributed by atoms with Crippen molar-refractivity contribution in [3.8, 4) is 16.9 Å². The van der Waals surface area contributed by atoms with Crippen LogP contribution in [0.4, 0.5) is 0 Å². The molecule has 0 spiro atoms. The second-order valence-electron chi connectivity index (χ2n) is 11.5. The van der Waals surface area contributed by atoms with Gasteiger partial charge in [-0.05, 0) is 100 Å². The highest BCUT2D eigenvalue weighted by atomic mass is 16.5. The molecule has 0 aliphatic carbocycles. The van der Waals surface area contributed by atoms with Gasteiger partial charge in [-0.15, -0.1) is 0 Å². The summed E-state index contributed by atoms with van der Waals surface area (Å²) < 4.78 is 17.6. The van der Waals surface area contributed by atoms with Gasteiger partial charge in [0.05, 0.1) is 11.1 Å². The third-order valence-corrected chi connectivity index (χ3v) is 8.29. The van der Waals surface area contributed by atoms with E-state index < -0.39 is 11.9 Å². The first-order valence-electron chi connectivity index (χ1n) is 16.4. The first-order valence-corrected chi connectivity index (χ1v) is 16.4. The Hall–Kier alpha value is -5.49. The molecule has 0 saturated heterocycles. The van der Waals surface area contributed by atoms with E-state index in [1.807, 2.05) is 61.5 Å². The Kier molecular flexibility index (Phi) is 11.5. The monoisotopic (exact) mass is 640 g/mol. The van der Waals surface area contributed by atoms with Crippen LogP contribution in [0.3, 0.4) is 0 Å². The van der Waals surface area contributed by atoms with Crippen molar-refractivity contribution in [2.24, 2.45) is 0 Å². The maximum absolute atomic E-state index is 12.7. The highest BCUT2D eigenvalue weighted by Crippen LogP contribution is 2.33. The molecular weight excluding hydrogens is 600 g/mol. The van der Waals surface area contributed by atoms with Crippen LogP contribution in [0.15, 0.2) is 115 Å². The first-order chi connectivity index (χ1) is 23.4. The quantitative estimate of drug-likeness (QED) is 0.0889. The van der Waals surface area contributed by atoms with Crippen molar-refractivity contribution in [1.82, 2.24) is 0 Å². The zero-order valence-corrected chi connectivity index (χ0v) is 27.7. The number of ketones is 1. The van der Waals surface area contributed by atoms with Gasteiger partial charge >= 0.3 is 11.9 Å². The van der Waals surface area contributed by atoms with E-state index >= 15 is 0 Å². The number of ether oxygens (including phenoxy) is 3. The SMILES string of the molecule is CCC(=O)c1ccc(-c2cc(OCc3ccc(COC(=O)c4ccccc4)c(COC(=O)c4ccccc4)c3)ccc2CC)c(CC)c1. The topological polar surface area (TPSA) is 78.9 Å². The number of hydrogen-bond donors (Lipinski definition) is 0. The van der Waals surface area contributed by atoms with Crippen LogP contribution in [-0.4, -0.2) is 17.7 Å². The van der Waals surface area contributed by atoms with Crippen LogP contribution in [-0.2, 0) is 42.1 Å². The lowest BCUT2D eigenvalue weighted by molar-refractivity contribution is 0.0435. The highest BCUT2D eigenvalue weighted by Gasteiger charge is 2.15. The number of benzene rings is 5. The van der Waals surface area contributed by atoms with E-state index in [2.05, 4.69) is 26.0 Å². The minimum atomic E-state index is -0.438. The lowest BCUT2D eigenvalue weighted by Gasteiger charge is -2.16. The average molecular weight is 641 g/mol. The second-order valence-corrected chi connectivity index (χ2v) is 11.5. The van der Waals surface area contributed by atoms with Crippen molar-refractivity contribution < 1.29 is 28.6 Å². The molecule has 244 valence electrons. The fraction of sp³-hybridized carbons (Fsp3) is 0.214. The number of aryl methyl sites for hydroxylation is 2. The number of carbonyl (C=O) groups is 3. The van der Waals surface area contributed by atoms with Crippen LogP contribution < -0.4 is 4.74 Å². The predicted molar refractivity (Wildman–Crippen MR) is 187 cm³/mol. The van der Waals surface area contributed by atoms with Gasteiger partial charge in [0.1, 0.15) is 25.6 Å². The van der Waals surface area contributed by atoms with Gasteiger partial charge in [0.2, 0.25) is 0 Å². The first kappa shape index (κ1) is 33.9. The summed E-state index contributed by atoms with van der Waals surface area (Å²) in [6.45, 7) is 6.42. The van der Waals surface area contributed by atoms with Gasteiger partial charge in [-0.25, -0.2) is 9.59 Å². The maximum Gasteiger partial charge on any atom is 0.338 e. The Labute approximate surface area is 282 Å². The number of carbonyl (C=O) groups excluding carboxylic acids is 3. The minimum absolute atomic E-state index is 0.00541. The van der Waals surface area contributed by atoms with Crippen molar-refractivity contribution in [2.75, 3.05) is 0 Å². The Morgan fingerprint density at radius 1 is 0.500 bits per heavy atom. The number of esters is 2. The van der Waals surface area contributed by atoms with Gasteiger partial charge in [-0.3, -0.25) is 4.79 Å². The summed E-state index contributed by atoms with van der Waals surface area (Å²) in [7, 11) is 0. The molecule has 5 rings (SSSR count). The number of hydrogen-bond acceptors (Lipinski definition) is 6. The number of rotatable bonds is 14. The zero-order valence-electron chi connectivity index (χ0n) is 27.7. The lowest BCUT2D eigenvalue weighted by atomic mass is 9.91.